The first-order valence-corrected chi connectivity index (χ1v) is 6.53. The molecule has 2 fully saturated rings. The van der Waals surface area contributed by atoms with E-state index < -0.39 is 11.4 Å². The summed E-state index contributed by atoms with van der Waals surface area (Å²) in [7, 11) is 1.52. The highest BCUT2D eigenvalue weighted by atomic mass is 16.7. The van der Waals surface area contributed by atoms with Crippen molar-refractivity contribution in [3.05, 3.63) is 18.0 Å². The quantitative estimate of drug-likeness (QED) is 0.860. The molecule has 0 amide bonds. The summed E-state index contributed by atoms with van der Waals surface area (Å²) in [6.45, 7) is 1.29. The van der Waals surface area contributed by atoms with Crippen molar-refractivity contribution in [1.29, 1.82) is 0 Å². The van der Waals surface area contributed by atoms with E-state index in [1.807, 2.05) is 0 Å². The minimum atomic E-state index is -0.896. The second-order valence-electron chi connectivity index (χ2n) is 5.10. The fourth-order valence-electron chi connectivity index (χ4n) is 2.78. The van der Waals surface area contributed by atoms with E-state index in [4.69, 9.17) is 14.2 Å². The number of aliphatic hydroxyl groups is 1. The molecule has 6 nitrogen and oxygen atoms in total. The number of methoxy groups -OCH3 is 1. The van der Waals surface area contributed by atoms with E-state index in [0.717, 1.165) is 5.56 Å². The molecule has 1 aromatic rings. The van der Waals surface area contributed by atoms with Crippen LogP contribution in [-0.4, -0.2) is 41.2 Å². The second-order valence-corrected chi connectivity index (χ2v) is 5.10. The number of aromatic nitrogens is 2. The maximum Gasteiger partial charge on any atom is 0.316 e. The average molecular weight is 266 g/mol. The van der Waals surface area contributed by atoms with Crippen LogP contribution in [0, 0.1) is 0 Å². The second kappa shape index (κ2) is 4.70. The first kappa shape index (κ1) is 12.8. The summed E-state index contributed by atoms with van der Waals surface area (Å²) in [4.78, 5) is 8.10. The molecular formula is C13H18N2O4. The van der Waals surface area contributed by atoms with E-state index in [9.17, 15) is 5.11 Å². The monoisotopic (exact) mass is 266 g/mol. The highest BCUT2D eigenvalue weighted by Crippen LogP contribution is 2.44. The van der Waals surface area contributed by atoms with Crippen LogP contribution < -0.4 is 4.74 Å². The lowest BCUT2D eigenvalue weighted by atomic mass is 9.78. The van der Waals surface area contributed by atoms with Crippen LogP contribution in [0.15, 0.2) is 12.4 Å². The molecule has 19 heavy (non-hydrogen) atoms. The Hall–Kier alpha value is -1.24. The Labute approximate surface area is 111 Å². The Kier molecular flexibility index (Phi) is 3.16. The average Bonchev–Trinajstić information content (AvgIpc) is 2.92. The van der Waals surface area contributed by atoms with Crippen LogP contribution in [0.3, 0.4) is 0 Å². The standard InChI is InChI=1S/C13H18N2O4/c1-17-11-14-8-10(9-15-11)12(16)2-4-13(5-3-12)18-6-7-19-13/h8-9,16H,2-7H2,1H3. The zero-order valence-electron chi connectivity index (χ0n) is 11.0. The molecule has 2 heterocycles. The molecule has 0 bridgehead atoms. The molecule has 1 saturated heterocycles. The highest BCUT2D eigenvalue weighted by molar-refractivity contribution is 5.18. The molecule has 1 aliphatic heterocycles. The third-order valence-corrected chi connectivity index (χ3v) is 4.00. The van der Waals surface area contributed by atoms with Crippen molar-refractivity contribution < 1.29 is 19.3 Å². The van der Waals surface area contributed by atoms with Gasteiger partial charge in [-0.05, 0) is 12.8 Å². The minimum absolute atomic E-state index is 0.307. The Bertz CT molecular complexity index is 432. The summed E-state index contributed by atoms with van der Waals surface area (Å²) in [6.07, 6.45) is 5.80. The summed E-state index contributed by atoms with van der Waals surface area (Å²) < 4.78 is 16.2. The van der Waals surface area contributed by atoms with Crippen molar-refractivity contribution in [2.24, 2.45) is 0 Å². The third-order valence-electron chi connectivity index (χ3n) is 4.00. The van der Waals surface area contributed by atoms with Crippen LogP contribution >= 0.6 is 0 Å². The van der Waals surface area contributed by atoms with Gasteiger partial charge in [-0.3, -0.25) is 0 Å². The fraction of sp³-hybridized carbons (Fsp3) is 0.692. The summed E-state index contributed by atoms with van der Waals surface area (Å²) in [6, 6.07) is 0.307. The third kappa shape index (κ3) is 2.31. The molecule has 1 aliphatic carbocycles. The first-order valence-electron chi connectivity index (χ1n) is 6.53. The van der Waals surface area contributed by atoms with Gasteiger partial charge in [-0.15, -0.1) is 0 Å². The van der Waals surface area contributed by atoms with Crippen LogP contribution in [0.4, 0.5) is 0 Å². The van der Waals surface area contributed by atoms with Gasteiger partial charge in [0.05, 0.1) is 25.9 Å². The van der Waals surface area contributed by atoms with E-state index in [2.05, 4.69) is 9.97 Å². The number of hydrogen-bond donors (Lipinski definition) is 1. The van der Waals surface area contributed by atoms with Gasteiger partial charge in [-0.25, -0.2) is 9.97 Å². The Balaban J connectivity index is 1.73. The SMILES string of the molecule is COc1ncc(C2(O)CCC3(CC2)OCCO3)cn1. The minimum Gasteiger partial charge on any atom is -0.467 e. The molecule has 0 radical (unpaired) electrons. The van der Waals surface area contributed by atoms with Gasteiger partial charge in [0.1, 0.15) is 0 Å². The van der Waals surface area contributed by atoms with Crippen LogP contribution in [0.1, 0.15) is 31.2 Å². The van der Waals surface area contributed by atoms with Crippen LogP contribution in [0.25, 0.3) is 0 Å². The lowest BCUT2D eigenvalue weighted by Crippen LogP contribution is -2.42. The molecule has 1 N–H and O–H groups in total. The Morgan fingerprint density at radius 2 is 1.68 bits per heavy atom. The summed E-state index contributed by atoms with van der Waals surface area (Å²) in [5, 5.41) is 10.7. The van der Waals surface area contributed by atoms with Gasteiger partial charge < -0.3 is 19.3 Å². The first-order chi connectivity index (χ1) is 9.16. The lowest BCUT2D eigenvalue weighted by Gasteiger charge is -2.40. The molecule has 0 unspecified atom stereocenters. The molecule has 3 rings (SSSR count). The van der Waals surface area contributed by atoms with Gasteiger partial charge in [0.15, 0.2) is 5.79 Å². The van der Waals surface area contributed by atoms with Crippen molar-refractivity contribution in [2.45, 2.75) is 37.1 Å². The normalized spacial score (nSPS) is 24.5. The molecule has 1 saturated carbocycles. The molecule has 1 spiro atoms. The predicted octanol–water partition coefficient (Wildman–Crippen LogP) is 0.990. The number of nitrogens with zero attached hydrogens (tertiary/aromatic N) is 2. The largest absolute Gasteiger partial charge is 0.467 e. The number of hydrogen-bond acceptors (Lipinski definition) is 6. The topological polar surface area (TPSA) is 73.7 Å². The van der Waals surface area contributed by atoms with E-state index >= 15 is 0 Å². The van der Waals surface area contributed by atoms with E-state index in [-0.39, 0.29) is 0 Å². The highest BCUT2D eigenvalue weighted by Gasteiger charge is 2.46. The molecular weight excluding hydrogens is 248 g/mol. The lowest BCUT2D eigenvalue weighted by molar-refractivity contribution is -0.204. The van der Waals surface area contributed by atoms with Crippen molar-refractivity contribution in [3.8, 4) is 6.01 Å². The van der Waals surface area contributed by atoms with Crippen molar-refractivity contribution >= 4 is 0 Å². The molecule has 0 aromatic carbocycles. The Morgan fingerprint density at radius 3 is 2.21 bits per heavy atom. The summed E-state index contributed by atoms with van der Waals surface area (Å²) in [5.41, 5.74) is -0.173. The number of ether oxygens (including phenoxy) is 3. The fourth-order valence-corrected chi connectivity index (χ4v) is 2.78. The summed E-state index contributed by atoms with van der Waals surface area (Å²) >= 11 is 0. The molecule has 6 heteroatoms. The molecule has 2 aliphatic rings. The van der Waals surface area contributed by atoms with Gasteiger partial charge in [-0.2, -0.15) is 0 Å². The van der Waals surface area contributed by atoms with Gasteiger partial charge >= 0.3 is 6.01 Å². The summed E-state index contributed by atoms with van der Waals surface area (Å²) in [5.74, 6) is -0.473. The van der Waals surface area contributed by atoms with E-state index in [1.54, 1.807) is 12.4 Å². The molecule has 104 valence electrons. The molecule has 0 atom stereocenters. The van der Waals surface area contributed by atoms with Gasteiger partial charge in [-0.1, -0.05) is 0 Å². The maximum absolute atomic E-state index is 10.7. The van der Waals surface area contributed by atoms with E-state index in [1.165, 1.54) is 7.11 Å². The Morgan fingerprint density at radius 1 is 1.11 bits per heavy atom. The maximum atomic E-state index is 10.7. The van der Waals surface area contributed by atoms with Gasteiger partial charge in [0.2, 0.25) is 0 Å². The van der Waals surface area contributed by atoms with Gasteiger partial charge in [0, 0.05) is 30.8 Å². The molecule has 1 aromatic heterocycles. The van der Waals surface area contributed by atoms with Crippen LogP contribution in [-0.2, 0) is 15.1 Å². The predicted molar refractivity (Wildman–Crippen MR) is 65.6 cm³/mol. The van der Waals surface area contributed by atoms with Crippen molar-refractivity contribution in [1.82, 2.24) is 9.97 Å². The van der Waals surface area contributed by atoms with Crippen LogP contribution in [0.2, 0.25) is 0 Å². The van der Waals surface area contributed by atoms with E-state index in [0.29, 0.717) is 44.9 Å². The van der Waals surface area contributed by atoms with Crippen molar-refractivity contribution in [3.63, 3.8) is 0 Å². The zero-order chi connectivity index (χ0) is 13.3. The zero-order valence-corrected chi connectivity index (χ0v) is 11.0. The van der Waals surface area contributed by atoms with Crippen LogP contribution in [0.5, 0.6) is 6.01 Å². The smallest absolute Gasteiger partial charge is 0.316 e. The number of rotatable bonds is 2. The van der Waals surface area contributed by atoms with Crippen molar-refractivity contribution in [2.75, 3.05) is 20.3 Å². The van der Waals surface area contributed by atoms with Gasteiger partial charge in [0.25, 0.3) is 0 Å².